The summed E-state index contributed by atoms with van der Waals surface area (Å²) in [6.45, 7) is 0. The van der Waals surface area contributed by atoms with Gasteiger partial charge < -0.3 is 14.6 Å². The molecule has 1 aromatic rings. The molecule has 0 aliphatic carbocycles. The fourth-order valence-electron chi connectivity index (χ4n) is 1.44. The molecule has 0 saturated heterocycles. The fourth-order valence-corrected chi connectivity index (χ4v) is 1.44. The van der Waals surface area contributed by atoms with Crippen molar-refractivity contribution in [1.82, 2.24) is 5.73 Å². The molecule has 91 valence electrons. The van der Waals surface area contributed by atoms with Crippen LogP contribution < -0.4 is 15.2 Å². The number of hydrogen-bond donors (Lipinski definition) is 1. The number of rotatable bonds is 5. The predicted octanol–water partition coefficient (Wildman–Crippen LogP) is 0.681. The van der Waals surface area contributed by atoms with E-state index in [0.717, 1.165) is 0 Å². The van der Waals surface area contributed by atoms with E-state index in [0.29, 0.717) is 11.5 Å². The molecule has 0 aliphatic heterocycles. The van der Waals surface area contributed by atoms with Gasteiger partial charge in [0.1, 0.15) is 0 Å². The topological polar surface area (TPSA) is 96.6 Å². The first-order chi connectivity index (χ1) is 8.01. The van der Waals surface area contributed by atoms with Gasteiger partial charge in [-0.25, -0.2) is 0 Å². The van der Waals surface area contributed by atoms with Gasteiger partial charge in [0.05, 0.1) is 14.2 Å². The number of ether oxygens (including phenoxy) is 2. The standard InChI is InChI=1S/C11H12NO5/c1-16-7-4-3-6(5-8(7)17-2)9(10(12)13)11(14)15/h3-5,9,12H,1-2H3,(H,14,15). The van der Waals surface area contributed by atoms with E-state index >= 15 is 0 Å². The molecule has 0 aliphatic rings. The third kappa shape index (κ3) is 2.66. The van der Waals surface area contributed by atoms with E-state index in [1.807, 2.05) is 0 Å². The molecule has 1 unspecified atom stereocenters. The molecule has 1 amide bonds. The van der Waals surface area contributed by atoms with Crippen molar-refractivity contribution in [2.45, 2.75) is 5.92 Å². The zero-order valence-corrected chi connectivity index (χ0v) is 9.39. The molecule has 0 spiro atoms. The van der Waals surface area contributed by atoms with Crippen LogP contribution in [-0.4, -0.2) is 31.2 Å². The van der Waals surface area contributed by atoms with Gasteiger partial charge in [-0.05, 0) is 17.7 Å². The van der Waals surface area contributed by atoms with Crippen LogP contribution in [0.1, 0.15) is 11.5 Å². The van der Waals surface area contributed by atoms with E-state index in [-0.39, 0.29) is 5.56 Å². The molecular formula is C11H12NO5. The van der Waals surface area contributed by atoms with Crippen LogP contribution in [0.3, 0.4) is 0 Å². The van der Waals surface area contributed by atoms with E-state index in [2.05, 4.69) is 0 Å². The zero-order chi connectivity index (χ0) is 13.0. The lowest BCUT2D eigenvalue weighted by Gasteiger charge is -2.12. The number of methoxy groups -OCH3 is 2. The number of carbonyl (C=O) groups is 2. The Morgan fingerprint density at radius 3 is 2.24 bits per heavy atom. The van der Waals surface area contributed by atoms with Crippen molar-refractivity contribution in [2.24, 2.45) is 0 Å². The van der Waals surface area contributed by atoms with Crippen LogP contribution in [-0.2, 0) is 9.59 Å². The summed E-state index contributed by atoms with van der Waals surface area (Å²) in [6.07, 6.45) is 0. The maximum atomic E-state index is 11.0. The summed E-state index contributed by atoms with van der Waals surface area (Å²) in [5.74, 6) is -3.30. The molecule has 17 heavy (non-hydrogen) atoms. The van der Waals surface area contributed by atoms with Crippen LogP contribution in [0.2, 0.25) is 0 Å². The lowest BCUT2D eigenvalue weighted by Crippen LogP contribution is -2.22. The Labute approximate surface area is 97.9 Å². The monoisotopic (exact) mass is 238 g/mol. The minimum absolute atomic E-state index is 0.190. The average molecular weight is 238 g/mol. The Morgan fingerprint density at radius 1 is 1.24 bits per heavy atom. The minimum Gasteiger partial charge on any atom is -0.493 e. The van der Waals surface area contributed by atoms with E-state index in [1.165, 1.54) is 32.4 Å². The predicted molar refractivity (Wildman–Crippen MR) is 58.0 cm³/mol. The highest BCUT2D eigenvalue weighted by Gasteiger charge is 2.27. The van der Waals surface area contributed by atoms with Gasteiger partial charge in [0.25, 0.3) is 5.91 Å². The normalized spacial score (nSPS) is 11.6. The highest BCUT2D eigenvalue weighted by atomic mass is 16.5. The molecule has 6 nitrogen and oxygen atoms in total. The summed E-state index contributed by atoms with van der Waals surface area (Å²) in [5.41, 5.74) is 7.13. The van der Waals surface area contributed by atoms with Crippen LogP contribution in [0.15, 0.2) is 18.2 Å². The van der Waals surface area contributed by atoms with Crippen LogP contribution in [0.5, 0.6) is 11.5 Å². The first-order valence-corrected chi connectivity index (χ1v) is 4.71. The lowest BCUT2D eigenvalue weighted by molar-refractivity contribution is -0.142. The van der Waals surface area contributed by atoms with Crippen LogP contribution in [0, 0.1) is 0 Å². The second-order valence-corrected chi connectivity index (χ2v) is 3.25. The van der Waals surface area contributed by atoms with Gasteiger partial charge in [0.15, 0.2) is 17.4 Å². The summed E-state index contributed by atoms with van der Waals surface area (Å²) in [6, 6.07) is 4.30. The first kappa shape index (κ1) is 12.8. The molecular weight excluding hydrogens is 226 g/mol. The highest BCUT2D eigenvalue weighted by Crippen LogP contribution is 2.30. The molecule has 2 N–H and O–H groups in total. The Kier molecular flexibility index (Phi) is 3.92. The molecule has 0 saturated carbocycles. The molecule has 1 rings (SSSR count). The van der Waals surface area contributed by atoms with Gasteiger partial charge in [-0.1, -0.05) is 6.07 Å². The second kappa shape index (κ2) is 5.20. The maximum absolute atomic E-state index is 11.0. The van der Waals surface area contributed by atoms with Gasteiger partial charge in [-0.15, -0.1) is 0 Å². The van der Waals surface area contributed by atoms with Crippen LogP contribution >= 0.6 is 0 Å². The van der Waals surface area contributed by atoms with Crippen molar-refractivity contribution in [3.8, 4) is 11.5 Å². The number of carboxylic acids is 1. The largest absolute Gasteiger partial charge is 0.493 e. The van der Waals surface area contributed by atoms with Gasteiger partial charge >= 0.3 is 5.97 Å². The van der Waals surface area contributed by atoms with Crippen molar-refractivity contribution in [1.29, 1.82) is 0 Å². The van der Waals surface area contributed by atoms with Crippen molar-refractivity contribution >= 4 is 11.9 Å². The fraction of sp³-hybridized carbons (Fsp3) is 0.273. The number of carbonyl (C=O) groups excluding carboxylic acids is 1. The molecule has 6 heteroatoms. The number of aliphatic carboxylic acids is 1. The van der Waals surface area contributed by atoms with Gasteiger partial charge in [0.2, 0.25) is 0 Å². The Balaban J connectivity index is 3.22. The molecule has 1 atom stereocenters. The molecule has 1 aromatic carbocycles. The Morgan fingerprint density at radius 2 is 1.82 bits per heavy atom. The third-order valence-electron chi connectivity index (χ3n) is 2.25. The molecule has 0 bridgehead atoms. The smallest absolute Gasteiger partial charge is 0.320 e. The van der Waals surface area contributed by atoms with E-state index in [1.54, 1.807) is 0 Å². The zero-order valence-electron chi connectivity index (χ0n) is 9.39. The molecule has 0 aromatic heterocycles. The van der Waals surface area contributed by atoms with Crippen molar-refractivity contribution in [3.05, 3.63) is 23.8 Å². The van der Waals surface area contributed by atoms with Crippen LogP contribution in [0.25, 0.3) is 0 Å². The summed E-state index contributed by atoms with van der Waals surface area (Å²) in [7, 11) is 2.85. The SMILES string of the molecule is COc1ccc(C(C([NH])=O)C(=O)O)cc1OC. The number of carboxylic acid groups (broad SMARTS) is 1. The minimum atomic E-state index is -1.50. The van der Waals surface area contributed by atoms with Crippen molar-refractivity contribution < 1.29 is 24.2 Å². The first-order valence-electron chi connectivity index (χ1n) is 4.71. The average Bonchev–Trinajstić information content (AvgIpc) is 2.27. The summed E-state index contributed by atoms with van der Waals surface area (Å²) >= 11 is 0. The van der Waals surface area contributed by atoms with Gasteiger partial charge in [0, 0.05) is 0 Å². The number of benzene rings is 1. The molecule has 0 heterocycles. The third-order valence-corrected chi connectivity index (χ3v) is 2.25. The number of amides is 1. The van der Waals surface area contributed by atoms with Gasteiger partial charge in [-0.3, -0.25) is 15.3 Å². The van der Waals surface area contributed by atoms with E-state index in [4.69, 9.17) is 20.3 Å². The number of hydrogen-bond acceptors (Lipinski definition) is 4. The van der Waals surface area contributed by atoms with E-state index < -0.39 is 17.8 Å². The summed E-state index contributed by atoms with van der Waals surface area (Å²) < 4.78 is 9.98. The Hall–Kier alpha value is -2.24. The molecule has 1 radical (unpaired) electrons. The number of nitrogens with one attached hydrogen (secondary N) is 1. The van der Waals surface area contributed by atoms with Crippen molar-refractivity contribution in [3.63, 3.8) is 0 Å². The Bertz CT molecular complexity index is 429. The lowest BCUT2D eigenvalue weighted by atomic mass is 9.98. The maximum Gasteiger partial charge on any atom is 0.320 e. The molecule has 0 fully saturated rings. The van der Waals surface area contributed by atoms with E-state index in [9.17, 15) is 9.59 Å². The quantitative estimate of drug-likeness (QED) is 0.761. The highest BCUT2D eigenvalue weighted by molar-refractivity contribution is 6.01. The summed E-state index contributed by atoms with van der Waals surface area (Å²) in [4.78, 5) is 21.8. The summed E-state index contributed by atoms with van der Waals surface area (Å²) in [5, 5.41) is 8.87. The van der Waals surface area contributed by atoms with Crippen molar-refractivity contribution in [2.75, 3.05) is 14.2 Å². The van der Waals surface area contributed by atoms with Crippen LogP contribution in [0.4, 0.5) is 0 Å². The van der Waals surface area contributed by atoms with Gasteiger partial charge in [-0.2, -0.15) is 0 Å². The second-order valence-electron chi connectivity index (χ2n) is 3.25.